The number of nitrogens with two attached hydrogens (primary N) is 1. The monoisotopic (exact) mass is 262 g/mol. The van der Waals surface area contributed by atoms with E-state index in [1.54, 1.807) is 7.11 Å². The summed E-state index contributed by atoms with van der Waals surface area (Å²) in [6.07, 6.45) is 3.59. The van der Waals surface area contributed by atoms with Gasteiger partial charge in [-0.05, 0) is 57.7 Å². The lowest BCUT2D eigenvalue weighted by atomic mass is 9.83. The third-order valence-electron chi connectivity index (χ3n) is 4.29. The SMILES string of the molecule is COc1ccccc1N1CC(CCN)CCC1(C)C. The summed E-state index contributed by atoms with van der Waals surface area (Å²) in [5, 5.41) is 0. The molecule has 0 aliphatic carbocycles. The van der Waals surface area contributed by atoms with E-state index in [2.05, 4.69) is 30.9 Å². The van der Waals surface area contributed by atoms with Crippen LogP contribution in [0.2, 0.25) is 0 Å². The predicted molar refractivity (Wildman–Crippen MR) is 80.8 cm³/mol. The Morgan fingerprint density at radius 1 is 1.37 bits per heavy atom. The Balaban J connectivity index is 2.27. The summed E-state index contributed by atoms with van der Waals surface area (Å²) in [7, 11) is 1.74. The van der Waals surface area contributed by atoms with E-state index in [1.807, 2.05) is 12.1 Å². The summed E-state index contributed by atoms with van der Waals surface area (Å²) in [4.78, 5) is 2.50. The normalized spacial score (nSPS) is 22.3. The van der Waals surface area contributed by atoms with Crippen molar-refractivity contribution < 1.29 is 4.74 Å². The van der Waals surface area contributed by atoms with Crippen molar-refractivity contribution in [2.24, 2.45) is 11.7 Å². The van der Waals surface area contributed by atoms with Crippen molar-refractivity contribution in [3.63, 3.8) is 0 Å². The molecule has 1 aromatic rings. The Kier molecular flexibility index (Phi) is 4.35. The molecule has 0 aromatic heterocycles. The zero-order valence-corrected chi connectivity index (χ0v) is 12.4. The number of hydrogen-bond acceptors (Lipinski definition) is 3. The highest BCUT2D eigenvalue weighted by molar-refractivity contribution is 5.60. The van der Waals surface area contributed by atoms with Gasteiger partial charge in [0.15, 0.2) is 0 Å². The summed E-state index contributed by atoms with van der Waals surface area (Å²) < 4.78 is 5.52. The van der Waals surface area contributed by atoms with Crippen molar-refractivity contribution in [1.29, 1.82) is 0 Å². The smallest absolute Gasteiger partial charge is 0.142 e. The topological polar surface area (TPSA) is 38.5 Å². The van der Waals surface area contributed by atoms with Gasteiger partial charge in [0.05, 0.1) is 12.8 Å². The van der Waals surface area contributed by atoms with Crippen molar-refractivity contribution in [3.05, 3.63) is 24.3 Å². The highest BCUT2D eigenvalue weighted by Gasteiger charge is 2.35. The van der Waals surface area contributed by atoms with Gasteiger partial charge in [-0.2, -0.15) is 0 Å². The Morgan fingerprint density at radius 2 is 2.11 bits per heavy atom. The van der Waals surface area contributed by atoms with Gasteiger partial charge in [0.1, 0.15) is 5.75 Å². The summed E-state index contributed by atoms with van der Waals surface area (Å²) >= 11 is 0. The number of hydrogen-bond donors (Lipinski definition) is 1. The molecule has 1 saturated heterocycles. The molecule has 1 aromatic carbocycles. The first-order chi connectivity index (χ1) is 9.08. The van der Waals surface area contributed by atoms with E-state index in [4.69, 9.17) is 10.5 Å². The standard InChI is InChI=1S/C16H26N2O/c1-16(2)10-8-13(9-11-17)12-18(16)14-6-4-5-7-15(14)19-3/h4-7,13H,8-12,17H2,1-3H3. The van der Waals surface area contributed by atoms with Crippen LogP contribution in [0.15, 0.2) is 24.3 Å². The number of methoxy groups -OCH3 is 1. The first-order valence-electron chi connectivity index (χ1n) is 7.19. The lowest BCUT2D eigenvalue weighted by Crippen LogP contribution is -2.51. The number of anilines is 1. The largest absolute Gasteiger partial charge is 0.495 e. The molecular weight excluding hydrogens is 236 g/mol. The van der Waals surface area contributed by atoms with Crippen molar-refractivity contribution in [1.82, 2.24) is 0 Å². The Labute approximate surface area is 116 Å². The van der Waals surface area contributed by atoms with E-state index in [-0.39, 0.29) is 5.54 Å². The van der Waals surface area contributed by atoms with Gasteiger partial charge in [0.25, 0.3) is 0 Å². The highest BCUT2D eigenvalue weighted by Crippen LogP contribution is 2.39. The summed E-state index contributed by atoms with van der Waals surface area (Å²) in [5.74, 6) is 1.66. The molecule has 1 fully saturated rings. The lowest BCUT2D eigenvalue weighted by Gasteiger charge is -2.47. The summed E-state index contributed by atoms with van der Waals surface area (Å²) in [6.45, 7) is 6.49. The average molecular weight is 262 g/mol. The molecule has 1 heterocycles. The van der Waals surface area contributed by atoms with Crippen molar-refractivity contribution in [2.75, 3.05) is 25.1 Å². The summed E-state index contributed by atoms with van der Waals surface area (Å²) in [5.41, 5.74) is 7.11. The fourth-order valence-corrected chi connectivity index (χ4v) is 3.04. The maximum Gasteiger partial charge on any atom is 0.142 e. The number of benzene rings is 1. The first kappa shape index (κ1) is 14.2. The molecule has 19 heavy (non-hydrogen) atoms. The van der Waals surface area contributed by atoms with Crippen LogP contribution in [0.5, 0.6) is 5.75 Å². The van der Waals surface area contributed by atoms with Crippen LogP contribution >= 0.6 is 0 Å². The van der Waals surface area contributed by atoms with Gasteiger partial charge in [0, 0.05) is 12.1 Å². The van der Waals surface area contributed by atoms with E-state index in [0.717, 1.165) is 25.3 Å². The maximum atomic E-state index is 5.72. The van der Waals surface area contributed by atoms with E-state index in [9.17, 15) is 0 Å². The Hall–Kier alpha value is -1.22. The molecule has 0 saturated carbocycles. The second-order valence-electron chi connectivity index (χ2n) is 6.08. The first-order valence-corrected chi connectivity index (χ1v) is 7.19. The molecule has 0 amide bonds. The second kappa shape index (κ2) is 5.83. The van der Waals surface area contributed by atoms with Gasteiger partial charge in [-0.15, -0.1) is 0 Å². The van der Waals surface area contributed by atoms with Crippen LogP contribution in [-0.4, -0.2) is 25.7 Å². The lowest BCUT2D eigenvalue weighted by molar-refractivity contribution is 0.279. The van der Waals surface area contributed by atoms with Crippen LogP contribution in [0.4, 0.5) is 5.69 Å². The number of nitrogens with zero attached hydrogens (tertiary/aromatic N) is 1. The minimum absolute atomic E-state index is 0.180. The molecule has 1 aliphatic heterocycles. The van der Waals surface area contributed by atoms with Gasteiger partial charge in [-0.25, -0.2) is 0 Å². The quantitative estimate of drug-likeness (QED) is 0.906. The average Bonchev–Trinajstić information content (AvgIpc) is 2.41. The van der Waals surface area contributed by atoms with Crippen molar-refractivity contribution in [2.45, 2.75) is 38.6 Å². The molecule has 0 spiro atoms. The van der Waals surface area contributed by atoms with E-state index >= 15 is 0 Å². The molecule has 0 bridgehead atoms. The molecule has 2 rings (SSSR count). The maximum absolute atomic E-state index is 5.72. The number of piperidine rings is 1. The fourth-order valence-electron chi connectivity index (χ4n) is 3.04. The minimum atomic E-state index is 0.180. The zero-order valence-electron chi connectivity index (χ0n) is 12.4. The molecule has 3 heteroatoms. The van der Waals surface area contributed by atoms with Crippen LogP contribution < -0.4 is 15.4 Å². The van der Waals surface area contributed by atoms with Crippen molar-refractivity contribution >= 4 is 5.69 Å². The molecule has 2 N–H and O–H groups in total. The van der Waals surface area contributed by atoms with Gasteiger partial charge >= 0.3 is 0 Å². The molecule has 1 aliphatic rings. The molecule has 1 atom stereocenters. The van der Waals surface area contributed by atoms with Gasteiger partial charge in [-0.1, -0.05) is 12.1 Å². The minimum Gasteiger partial charge on any atom is -0.495 e. The second-order valence-corrected chi connectivity index (χ2v) is 6.08. The number of ether oxygens (including phenoxy) is 1. The zero-order chi connectivity index (χ0) is 13.9. The van der Waals surface area contributed by atoms with Crippen LogP contribution in [0.25, 0.3) is 0 Å². The van der Waals surface area contributed by atoms with Crippen molar-refractivity contribution in [3.8, 4) is 5.75 Å². The van der Waals surface area contributed by atoms with E-state index in [0.29, 0.717) is 5.92 Å². The number of rotatable bonds is 4. The van der Waals surface area contributed by atoms with Gasteiger partial charge in [0.2, 0.25) is 0 Å². The van der Waals surface area contributed by atoms with Crippen LogP contribution in [0.3, 0.4) is 0 Å². The Bertz CT molecular complexity index is 417. The van der Waals surface area contributed by atoms with E-state index in [1.165, 1.54) is 18.5 Å². The van der Waals surface area contributed by atoms with Gasteiger partial charge in [-0.3, -0.25) is 0 Å². The van der Waals surface area contributed by atoms with Gasteiger partial charge < -0.3 is 15.4 Å². The predicted octanol–water partition coefficient (Wildman–Crippen LogP) is 3.04. The third-order valence-corrected chi connectivity index (χ3v) is 4.29. The molecule has 0 radical (unpaired) electrons. The fraction of sp³-hybridized carbons (Fsp3) is 0.625. The number of para-hydroxylation sites is 2. The Morgan fingerprint density at radius 3 is 2.79 bits per heavy atom. The van der Waals surface area contributed by atoms with Crippen LogP contribution in [0.1, 0.15) is 33.1 Å². The van der Waals surface area contributed by atoms with Crippen LogP contribution in [-0.2, 0) is 0 Å². The van der Waals surface area contributed by atoms with E-state index < -0.39 is 0 Å². The molecule has 1 unspecified atom stereocenters. The highest BCUT2D eigenvalue weighted by atomic mass is 16.5. The third kappa shape index (κ3) is 3.03. The van der Waals surface area contributed by atoms with Crippen LogP contribution in [0, 0.1) is 5.92 Å². The molecule has 3 nitrogen and oxygen atoms in total. The molecular formula is C16H26N2O. The summed E-state index contributed by atoms with van der Waals surface area (Å²) in [6, 6.07) is 8.31. The molecule has 106 valence electrons.